The number of allylic oxidation sites excluding steroid dienone is 2. The number of rotatable bonds is 3. The Balaban J connectivity index is 1.88. The van der Waals surface area contributed by atoms with E-state index in [4.69, 9.17) is 18.9 Å². The Bertz CT molecular complexity index is 523. The zero-order valence-corrected chi connectivity index (χ0v) is 13.6. The highest BCUT2D eigenvalue weighted by Crippen LogP contribution is 2.41. The Morgan fingerprint density at radius 1 is 1.14 bits per heavy atom. The molecule has 0 spiro atoms. The smallest absolute Gasteiger partial charge is 0.340 e. The Hall–Kier alpha value is -1.33. The van der Waals surface area contributed by atoms with Crippen molar-refractivity contribution in [1.29, 1.82) is 0 Å². The maximum atomic E-state index is 12.3. The van der Waals surface area contributed by atoms with Crippen molar-refractivity contribution in [2.75, 3.05) is 13.2 Å². The lowest BCUT2D eigenvalue weighted by atomic mass is 9.88. The van der Waals surface area contributed by atoms with Gasteiger partial charge in [0.2, 0.25) is 5.79 Å². The molecule has 0 saturated carbocycles. The number of carbonyl (C=O) groups is 1. The van der Waals surface area contributed by atoms with E-state index in [9.17, 15) is 4.79 Å². The SMILES string of the molecule is CC1=C(CC2(C3=CCCCC3)OCCO2)C(=O)OC(C)(C)O1. The highest BCUT2D eigenvalue weighted by molar-refractivity contribution is 5.90. The van der Waals surface area contributed by atoms with Crippen molar-refractivity contribution in [1.82, 2.24) is 0 Å². The molecule has 0 amide bonds. The van der Waals surface area contributed by atoms with Crippen LogP contribution in [0.15, 0.2) is 23.0 Å². The molecule has 2 heterocycles. The van der Waals surface area contributed by atoms with Crippen LogP contribution in [0.3, 0.4) is 0 Å². The maximum absolute atomic E-state index is 12.3. The van der Waals surface area contributed by atoms with E-state index in [1.54, 1.807) is 20.8 Å². The second-order valence-corrected chi connectivity index (χ2v) is 6.53. The highest BCUT2D eigenvalue weighted by Gasteiger charge is 2.45. The van der Waals surface area contributed by atoms with E-state index in [-0.39, 0.29) is 5.97 Å². The Morgan fingerprint density at radius 3 is 2.45 bits per heavy atom. The third-order valence-electron chi connectivity index (χ3n) is 4.35. The first-order chi connectivity index (χ1) is 10.4. The third-order valence-corrected chi connectivity index (χ3v) is 4.35. The predicted molar refractivity (Wildman–Crippen MR) is 79.8 cm³/mol. The van der Waals surface area contributed by atoms with E-state index in [2.05, 4.69) is 6.08 Å². The lowest BCUT2D eigenvalue weighted by Gasteiger charge is -2.36. The summed E-state index contributed by atoms with van der Waals surface area (Å²) in [5.74, 6) is -1.49. The maximum Gasteiger partial charge on any atom is 0.340 e. The second-order valence-electron chi connectivity index (χ2n) is 6.53. The average molecular weight is 308 g/mol. The average Bonchev–Trinajstić information content (AvgIpc) is 2.93. The summed E-state index contributed by atoms with van der Waals surface area (Å²) in [6.45, 7) is 6.35. The molecule has 3 aliphatic rings. The molecule has 0 unspecified atom stereocenters. The van der Waals surface area contributed by atoms with Crippen molar-refractivity contribution in [3.05, 3.63) is 23.0 Å². The fourth-order valence-electron chi connectivity index (χ4n) is 3.35. The molecule has 0 aromatic carbocycles. The van der Waals surface area contributed by atoms with E-state index in [1.807, 2.05) is 0 Å². The lowest BCUT2D eigenvalue weighted by Crippen LogP contribution is -2.41. The molecule has 5 heteroatoms. The van der Waals surface area contributed by atoms with Crippen molar-refractivity contribution in [3.8, 4) is 0 Å². The van der Waals surface area contributed by atoms with Crippen molar-refractivity contribution in [2.24, 2.45) is 0 Å². The van der Waals surface area contributed by atoms with Gasteiger partial charge in [0.05, 0.1) is 18.8 Å². The normalized spacial score (nSPS) is 27.2. The molecule has 0 aromatic rings. The van der Waals surface area contributed by atoms with Gasteiger partial charge in [0, 0.05) is 20.3 Å². The standard InChI is InChI=1S/C17H24O5/c1-12-14(15(18)22-16(2,3)21-12)11-17(19-9-10-20-17)13-7-5-4-6-8-13/h7H,4-6,8-11H2,1-3H3. The minimum Gasteiger partial charge on any atom is -0.457 e. The van der Waals surface area contributed by atoms with Gasteiger partial charge in [0.15, 0.2) is 5.79 Å². The molecule has 0 radical (unpaired) electrons. The van der Waals surface area contributed by atoms with Gasteiger partial charge in [-0.3, -0.25) is 0 Å². The van der Waals surface area contributed by atoms with Crippen LogP contribution >= 0.6 is 0 Å². The minimum absolute atomic E-state index is 0.344. The Kier molecular flexibility index (Phi) is 4.03. The number of hydrogen-bond acceptors (Lipinski definition) is 5. The Morgan fingerprint density at radius 2 is 1.86 bits per heavy atom. The number of hydrogen-bond donors (Lipinski definition) is 0. The van der Waals surface area contributed by atoms with E-state index in [0.29, 0.717) is 31.0 Å². The summed E-state index contributed by atoms with van der Waals surface area (Å²) < 4.78 is 22.9. The number of cyclic esters (lactones) is 1. The van der Waals surface area contributed by atoms with E-state index >= 15 is 0 Å². The van der Waals surface area contributed by atoms with Crippen molar-refractivity contribution in [2.45, 2.75) is 64.4 Å². The molecule has 22 heavy (non-hydrogen) atoms. The molecule has 3 rings (SSSR count). The van der Waals surface area contributed by atoms with Gasteiger partial charge in [0.1, 0.15) is 5.76 Å². The summed E-state index contributed by atoms with van der Waals surface area (Å²) in [7, 11) is 0. The van der Waals surface area contributed by atoms with Crippen LogP contribution < -0.4 is 0 Å². The topological polar surface area (TPSA) is 54.0 Å². The van der Waals surface area contributed by atoms with E-state index < -0.39 is 11.6 Å². The third kappa shape index (κ3) is 2.92. The molecular formula is C17H24O5. The van der Waals surface area contributed by atoms with Gasteiger partial charge in [-0.15, -0.1) is 0 Å². The summed E-state index contributed by atoms with van der Waals surface area (Å²) in [5.41, 5.74) is 1.65. The number of carbonyl (C=O) groups excluding carboxylic acids is 1. The van der Waals surface area contributed by atoms with Crippen LogP contribution in [-0.2, 0) is 23.7 Å². The van der Waals surface area contributed by atoms with Gasteiger partial charge in [0.25, 0.3) is 0 Å². The van der Waals surface area contributed by atoms with E-state index in [0.717, 1.165) is 24.8 Å². The quantitative estimate of drug-likeness (QED) is 0.592. The molecule has 5 nitrogen and oxygen atoms in total. The van der Waals surface area contributed by atoms with Crippen molar-refractivity contribution < 1.29 is 23.7 Å². The molecule has 0 aromatic heterocycles. The lowest BCUT2D eigenvalue weighted by molar-refractivity contribution is -0.210. The second kappa shape index (κ2) is 5.70. The molecule has 122 valence electrons. The molecule has 1 fully saturated rings. The first kappa shape index (κ1) is 15.6. The predicted octanol–water partition coefficient (Wildman–Crippen LogP) is 3.20. The van der Waals surface area contributed by atoms with Crippen LogP contribution in [0.4, 0.5) is 0 Å². The summed E-state index contributed by atoms with van der Waals surface area (Å²) in [5, 5.41) is 0. The van der Waals surface area contributed by atoms with Crippen LogP contribution in [0.5, 0.6) is 0 Å². The zero-order chi connectivity index (χ0) is 15.8. The number of ether oxygens (including phenoxy) is 4. The molecule has 0 bridgehead atoms. The monoisotopic (exact) mass is 308 g/mol. The molecule has 1 aliphatic carbocycles. The fraction of sp³-hybridized carbons (Fsp3) is 0.706. The first-order valence-corrected chi connectivity index (χ1v) is 8.01. The molecule has 2 aliphatic heterocycles. The van der Waals surface area contributed by atoms with Gasteiger partial charge in [-0.05, 0) is 38.2 Å². The van der Waals surface area contributed by atoms with Crippen LogP contribution in [-0.4, -0.2) is 30.8 Å². The van der Waals surface area contributed by atoms with Gasteiger partial charge in [-0.25, -0.2) is 4.79 Å². The molecular weight excluding hydrogens is 284 g/mol. The minimum atomic E-state index is -0.917. The molecule has 1 saturated heterocycles. The molecule has 0 N–H and O–H groups in total. The largest absolute Gasteiger partial charge is 0.457 e. The first-order valence-electron chi connectivity index (χ1n) is 8.01. The van der Waals surface area contributed by atoms with Gasteiger partial charge >= 0.3 is 5.97 Å². The van der Waals surface area contributed by atoms with Crippen LogP contribution in [0.25, 0.3) is 0 Å². The van der Waals surface area contributed by atoms with Gasteiger partial charge in [-0.2, -0.15) is 0 Å². The fourth-order valence-corrected chi connectivity index (χ4v) is 3.35. The van der Waals surface area contributed by atoms with Gasteiger partial charge < -0.3 is 18.9 Å². The van der Waals surface area contributed by atoms with Crippen molar-refractivity contribution >= 4 is 5.97 Å². The van der Waals surface area contributed by atoms with Crippen LogP contribution in [0.2, 0.25) is 0 Å². The van der Waals surface area contributed by atoms with Crippen LogP contribution in [0.1, 0.15) is 52.9 Å². The van der Waals surface area contributed by atoms with Crippen molar-refractivity contribution in [3.63, 3.8) is 0 Å². The zero-order valence-electron chi connectivity index (χ0n) is 13.6. The van der Waals surface area contributed by atoms with Crippen LogP contribution in [0, 0.1) is 0 Å². The Labute approximate surface area is 131 Å². The van der Waals surface area contributed by atoms with E-state index in [1.165, 1.54) is 6.42 Å². The summed E-state index contributed by atoms with van der Waals surface area (Å²) >= 11 is 0. The molecule has 0 atom stereocenters. The summed E-state index contributed by atoms with van der Waals surface area (Å²) in [6.07, 6.45) is 6.86. The summed E-state index contributed by atoms with van der Waals surface area (Å²) in [6, 6.07) is 0. The summed E-state index contributed by atoms with van der Waals surface area (Å²) in [4.78, 5) is 12.3. The number of esters is 1. The highest BCUT2D eigenvalue weighted by atomic mass is 16.7. The van der Waals surface area contributed by atoms with Gasteiger partial charge in [-0.1, -0.05) is 6.08 Å².